The van der Waals surface area contributed by atoms with Gasteiger partial charge in [-0.15, -0.1) is 0 Å². The quantitative estimate of drug-likeness (QED) is 0.446. The highest BCUT2D eigenvalue weighted by Gasteiger charge is 2.59. The van der Waals surface area contributed by atoms with E-state index in [1.54, 1.807) is 24.3 Å². The van der Waals surface area contributed by atoms with Crippen LogP contribution in [0.15, 0.2) is 30.4 Å². The van der Waals surface area contributed by atoms with Crippen LogP contribution in [0, 0.1) is 46.3 Å². The van der Waals surface area contributed by atoms with Gasteiger partial charge in [0, 0.05) is 12.4 Å². The zero-order valence-corrected chi connectivity index (χ0v) is 22.0. The van der Waals surface area contributed by atoms with E-state index in [2.05, 4.69) is 50.7 Å². The van der Waals surface area contributed by atoms with Gasteiger partial charge in [0.05, 0.1) is 12.4 Å². The van der Waals surface area contributed by atoms with Crippen molar-refractivity contribution >= 4 is 0 Å². The van der Waals surface area contributed by atoms with E-state index in [4.69, 9.17) is 0 Å². The van der Waals surface area contributed by atoms with Gasteiger partial charge in [0.25, 0.3) is 0 Å². The van der Waals surface area contributed by atoms with Crippen LogP contribution >= 0.6 is 0 Å². The molecule has 0 spiro atoms. The van der Waals surface area contributed by atoms with E-state index >= 15 is 0 Å². The van der Waals surface area contributed by atoms with E-state index in [-0.39, 0.29) is 6.10 Å². The van der Waals surface area contributed by atoms with Gasteiger partial charge in [0.15, 0.2) is 0 Å². The second-order valence-corrected chi connectivity index (χ2v) is 12.9. The number of nitrogens with zero attached hydrogens (tertiary/aromatic N) is 1. The lowest BCUT2D eigenvalue weighted by molar-refractivity contribution is -0.0573. The smallest absolute Gasteiger partial charge is 0.0919 e. The molecule has 0 bridgehead atoms. The van der Waals surface area contributed by atoms with Crippen molar-refractivity contribution < 1.29 is 5.11 Å². The topological polar surface area (TPSA) is 48.9 Å². The zero-order valence-electron chi connectivity index (χ0n) is 22.0. The highest BCUT2D eigenvalue weighted by Crippen LogP contribution is 2.67. The van der Waals surface area contributed by atoms with Gasteiger partial charge in [0.1, 0.15) is 0 Å². The minimum absolute atomic E-state index is 0.0766. The van der Waals surface area contributed by atoms with Crippen molar-refractivity contribution in [3.8, 4) is 0 Å². The molecule has 3 saturated carbocycles. The van der Waals surface area contributed by atoms with Crippen molar-refractivity contribution in [2.75, 3.05) is 0 Å². The zero-order chi connectivity index (χ0) is 23.6. The van der Waals surface area contributed by atoms with Crippen LogP contribution in [0.25, 0.3) is 0 Å². The van der Waals surface area contributed by atoms with Gasteiger partial charge in [-0.3, -0.25) is 0 Å². The number of H-pyrrole nitrogens is 1. The fraction of sp³-hybridized carbons (Fsp3) is 0.833. The molecule has 4 aliphatic carbocycles. The second-order valence-electron chi connectivity index (χ2n) is 12.9. The molecule has 0 saturated heterocycles. The summed E-state index contributed by atoms with van der Waals surface area (Å²) in [5, 5.41) is 10.2. The third kappa shape index (κ3) is 5.00. The van der Waals surface area contributed by atoms with Crippen molar-refractivity contribution in [1.29, 1.82) is 0 Å². The van der Waals surface area contributed by atoms with Crippen molar-refractivity contribution in [1.82, 2.24) is 9.97 Å². The van der Waals surface area contributed by atoms with Crippen molar-refractivity contribution in [2.24, 2.45) is 46.3 Å². The third-order valence-electron chi connectivity index (χ3n) is 10.7. The molecule has 1 aromatic rings. The summed E-state index contributed by atoms with van der Waals surface area (Å²) in [6.07, 6.45) is 22.2. The van der Waals surface area contributed by atoms with Crippen LogP contribution in [-0.2, 0) is 0 Å². The van der Waals surface area contributed by atoms with Crippen LogP contribution in [0.4, 0.5) is 0 Å². The molecule has 0 aromatic carbocycles. The third-order valence-corrected chi connectivity index (χ3v) is 10.7. The molecule has 1 unspecified atom stereocenters. The lowest BCUT2D eigenvalue weighted by atomic mass is 9.47. The van der Waals surface area contributed by atoms with Crippen molar-refractivity contribution in [3.63, 3.8) is 0 Å². The number of hydrogen-bond donors (Lipinski definition) is 2. The van der Waals surface area contributed by atoms with Crippen LogP contribution in [0.5, 0.6) is 0 Å². The summed E-state index contributed by atoms with van der Waals surface area (Å²) in [5.74, 6) is 5.46. The summed E-state index contributed by atoms with van der Waals surface area (Å²) in [6, 6.07) is 0. The average Bonchev–Trinajstić information content (AvgIpc) is 3.45. The lowest BCUT2D eigenvalue weighted by Crippen LogP contribution is -2.50. The molecule has 4 aliphatic rings. The van der Waals surface area contributed by atoms with Gasteiger partial charge in [0.2, 0.25) is 0 Å². The second kappa shape index (κ2) is 10.3. The molecule has 5 rings (SSSR count). The molecule has 3 nitrogen and oxygen atoms in total. The van der Waals surface area contributed by atoms with Gasteiger partial charge >= 0.3 is 0 Å². The largest absolute Gasteiger partial charge is 0.393 e. The molecule has 0 aliphatic heterocycles. The Morgan fingerprint density at radius 1 is 1.06 bits per heavy atom. The average molecular weight is 455 g/mol. The van der Waals surface area contributed by atoms with Crippen molar-refractivity contribution in [2.45, 2.75) is 111 Å². The minimum Gasteiger partial charge on any atom is -0.393 e. The summed E-state index contributed by atoms with van der Waals surface area (Å²) < 4.78 is 0. The predicted molar refractivity (Wildman–Crippen MR) is 138 cm³/mol. The first kappa shape index (κ1) is 25.0. The highest BCUT2D eigenvalue weighted by atomic mass is 16.3. The first-order valence-corrected chi connectivity index (χ1v) is 14.1. The number of nitrogens with one attached hydrogen (secondary N) is 1. The summed E-state index contributed by atoms with van der Waals surface area (Å²) >= 11 is 0. The molecule has 1 aromatic heterocycles. The first-order valence-electron chi connectivity index (χ1n) is 14.1. The maximum atomic E-state index is 10.2. The van der Waals surface area contributed by atoms with Crippen molar-refractivity contribution in [3.05, 3.63) is 30.4 Å². The molecule has 2 N–H and O–H groups in total. The Kier molecular flexibility index (Phi) is 7.78. The minimum atomic E-state index is -0.0766. The maximum absolute atomic E-state index is 10.2. The van der Waals surface area contributed by atoms with E-state index in [0.717, 1.165) is 48.3 Å². The van der Waals surface area contributed by atoms with Gasteiger partial charge in [-0.2, -0.15) is 0 Å². The molecule has 186 valence electrons. The summed E-state index contributed by atoms with van der Waals surface area (Å²) in [6.45, 7) is 12.6. The number of hydrogen-bond acceptors (Lipinski definition) is 2. The van der Waals surface area contributed by atoms with Crippen LogP contribution in [0.1, 0.15) is 105 Å². The predicted octanol–water partition coefficient (Wildman–Crippen LogP) is 7.80. The molecule has 3 fully saturated rings. The Labute approximate surface area is 203 Å². The number of aromatic nitrogens is 2. The Hall–Kier alpha value is -1.09. The highest BCUT2D eigenvalue weighted by molar-refractivity contribution is 5.25. The van der Waals surface area contributed by atoms with E-state index in [0.29, 0.717) is 10.8 Å². The Balaban J connectivity index is 0.000000459. The number of allylic oxidation sites excluding steroid dienone is 1. The molecule has 0 radical (unpaired) electrons. The molecule has 1 heterocycles. The number of aromatic amines is 1. The molecular weight excluding hydrogens is 404 g/mol. The molecular formula is C30H50N2O. The van der Waals surface area contributed by atoms with Crippen LogP contribution in [0.3, 0.4) is 0 Å². The number of rotatable bonds is 5. The standard InChI is InChI=1S/C27H46O.C3H4N2/c1-18(2)7-6-8-19(3)23-11-12-24-22-10-9-20-17-21(28)13-15-26(20,4)25(22)14-16-27(23,24)5;1-2-5-3-4-1/h9,18-19,21-25,28H,6-8,10-17H2,1-5H3;1-3H,(H,4,5)/t19?,21-,22-,23+,24-,25-,26-,27+;/m0./s1. The molecule has 0 amide bonds. The number of aliphatic hydroxyl groups excluding tert-OH is 1. The monoisotopic (exact) mass is 454 g/mol. The maximum Gasteiger partial charge on any atom is 0.0919 e. The molecule has 33 heavy (non-hydrogen) atoms. The van der Waals surface area contributed by atoms with Gasteiger partial charge < -0.3 is 10.1 Å². The van der Waals surface area contributed by atoms with Crippen LogP contribution in [0.2, 0.25) is 0 Å². The van der Waals surface area contributed by atoms with Crippen LogP contribution < -0.4 is 0 Å². The summed E-state index contributed by atoms with van der Waals surface area (Å²) in [4.78, 5) is 6.42. The SMILES string of the molecule is CC(C)CCCC(C)[C@H]1CC[C@H]2[C@@H]3CC=C4C[C@@H](O)CC[C@]4(C)[C@H]3CC[C@]12C.c1c[nH]cn1. The van der Waals surface area contributed by atoms with Gasteiger partial charge in [-0.25, -0.2) is 4.98 Å². The van der Waals surface area contributed by atoms with E-state index in [1.807, 2.05) is 0 Å². The summed E-state index contributed by atoms with van der Waals surface area (Å²) in [5.41, 5.74) is 2.60. The van der Waals surface area contributed by atoms with Gasteiger partial charge in [-0.1, -0.05) is 65.5 Å². The number of fused-ring (bicyclic) bond motifs is 5. The number of imidazole rings is 1. The molecule has 3 heteroatoms. The Bertz CT molecular complexity index is 753. The fourth-order valence-electron chi connectivity index (χ4n) is 8.88. The Morgan fingerprint density at radius 3 is 2.55 bits per heavy atom. The van der Waals surface area contributed by atoms with Gasteiger partial charge in [-0.05, 0) is 97.7 Å². The first-order chi connectivity index (χ1) is 15.8. The number of aliphatic hydroxyl groups is 1. The van der Waals surface area contributed by atoms with E-state index < -0.39 is 0 Å². The van der Waals surface area contributed by atoms with E-state index in [9.17, 15) is 5.11 Å². The van der Waals surface area contributed by atoms with Crippen LogP contribution in [-0.4, -0.2) is 21.2 Å². The normalized spacial score (nSPS) is 40.7. The molecule has 8 atom stereocenters. The fourth-order valence-corrected chi connectivity index (χ4v) is 8.88. The lowest BCUT2D eigenvalue weighted by Gasteiger charge is -2.58. The Morgan fingerprint density at radius 2 is 1.88 bits per heavy atom. The van der Waals surface area contributed by atoms with E-state index in [1.165, 1.54) is 57.8 Å². The summed E-state index contributed by atoms with van der Waals surface area (Å²) in [7, 11) is 0.